The van der Waals surface area contributed by atoms with Crippen LogP contribution < -0.4 is 20.1 Å². The summed E-state index contributed by atoms with van der Waals surface area (Å²) in [5, 5.41) is 8.59. The summed E-state index contributed by atoms with van der Waals surface area (Å²) >= 11 is 1.62. The number of hydrogen-bond acceptors (Lipinski definition) is 5. The average Bonchev–Trinajstić information content (AvgIpc) is 3.14. The topological polar surface area (TPSA) is 72.2 Å². The summed E-state index contributed by atoms with van der Waals surface area (Å²) in [7, 11) is 0. The van der Waals surface area contributed by atoms with Gasteiger partial charge in [-0.3, -0.25) is 4.40 Å². The minimum Gasteiger partial charge on any atom is -0.490 e. The number of thiazole rings is 1. The van der Waals surface area contributed by atoms with E-state index in [1.807, 2.05) is 47.3 Å². The third kappa shape index (κ3) is 3.75. The van der Waals surface area contributed by atoms with Crippen LogP contribution in [0.15, 0.2) is 41.0 Å². The molecular weight excluding hydrogens is 350 g/mol. The highest BCUT2D eigenvalue weighted by Crippen LogP contribution is 2.32. The van der Waals surface area contributed by atoms with Crippen LogP contribution in [0.3, 0.4) is 0 Å². The number of imidazole rings is 1. The maximum absolute atomic E-state index is 5.75. The van der Waals surface area contributed by atoms with E-state index >= 15 is 0 Å². The number of nitrogens with zero attached hydrogens (tertiary/aromatic N) is 3. The Hall–Kier alpha value is -2.74. The van der Waals surface area contributed by atoms with E-state index in [-0.39, 0.29) is 0 Å². The highest BCUT2D eigenvalue weighted by molar-refractivity contribution is 7.15. The summed E-state index contributed by atoms with van der Waals surface area (Å²) in [5.41, 5.74) is 1.84. The van der Waals surface area contributed by atoms with Gasteiger partial charge in [0.05, 0.1) is 25.5 Å². The van der Waals surface area contributed by atoms with Gasteiger partial charge in [-0.1, -0.05) is 0 Å². The lowest BCUT2D eigenvalue weighted by Crippen LogP contribution is -2.30. The monoisotopic (exact) mass is 371 g/mol. The molecule has 3 heterocycles. The number of aliphatic imine (C=N–C) groups is 1. The first-order valence-electron chi connectivity index (χ1n) is 8.68. The standard InChI is InChI=1S/C18H21N5O2S/c1-2-19-17(20-11-14-12-23-6-9-26-18(23)22-14)21-13-4-5-15-16(10-13)25-8-3-7-24-15/h4-6,9-10,12H,2-3,7-8,11H2,1H3,(H2,19,20,21). The summed E-state index contributed by atoms with van der Waals surface area (Å²) in [6.07, 6.45) is 4.90. The van der Waals surface area contributed by atoms with Crippen LogP contribution in [0.25, 0.3) is 4.96 Å². The van der Waals surface area contributed by atoms with Crippen LogP contribution in [0.2, 0.25) is 0 Å². The zero-order valence-electron chi connectivity index (χ0n) is 14.6. The average molecular weight is 371 g/mol. The molecule has 0 saturated carbocycles. The first-order valence-corrected chi connectivity index (χ1v) is 9.56. The Kier molecular flexibility index (Phi) is 4.92. The van der Waals surface area contributed by atoms with E-state index < -0.39 is 0 Å². The van der Waals surface area contributed by atoms with E-state index in [2.05, 4.69) is 20.6 Å². The van der Waals surface area contributed by atoms with Crippen molar-refractivity contribution in [1.82, 2.24) is 14.7 Å². The first kappa shape index (κ1) is 16.7. The molecule has 8 heteroatoms. The Labute approximate surface area is 155 Å². The fraction of sp³-hybridized carbons (Fsp3) is 0.333. The van der Waals surface area contributed by atoms with Crippen LogP contribution in [-0.4, -0.2) is 35.1 Å². The van der Waals surface area contributed by atoms with Gasteiger partial charge in [0.25, 0.3) is 0 Å². The Balaban J connectivity index is 1.49. The van der Waals surface area contributed by atoms with Gasteiger partial charge < -0.3 is 20.1 Å². The third-order valence-electron chi connectivity index (χ3n) is 3.90. The van der Waals surface area contributed by atoms with Crippen LogP contribution >= 0.6 is 11.3 Å². The predicted molar refractivity (Wildman–Crippen MR) is 104 cm³/mol. The largest absolute Gasteiger partial charge is 0.490 e. The first-order chi connectivity index (χ1) is 12.8. The highest BCUT2D eigenvalue weighted by Gasteiger charge is 2.11. The van der Waals surface area contributed by atoms with Gasteiger partial charge in [0.2, 0.25) is 0 Å². The number of ether oxygens (including phenoxy) is 2. The second kappa shape index (κ2) is 7.65. The van der Waals surface area contributed by atoms with Crippen molar-refractivity contribution in [2.75, 3.05) is 25.1 Å². The summed E-state index contributed by atoms with van der Waals surface area (Å²) in [4.78, 5) is 10.2. The molecule has 0 atom stereocenters. The zero-order chi connectivity index (χ0) is 17.8. The second-order valence-corrected chi connectivity index (χ2v) is 6.73. The maximum Gasteiger partial charge on any atom is 0.196 e. The maximum atomic E-state index is 5.75. The van der Waals surface area contributed by atoms with E-state index in [0.717, 1.165) is 40.8 Å². The normalized spacial score (nSPS) is 14.3. The molecule has 2 aromatic heterocycles. The molecule has 0 radical (unpaired) electrons. The van der Waals surface area contributed by atoms with Gasteiger partial charge in [-0.25, -0.2) is 9.98 Å². The van der Waals surface area contributed by atoms with Gasteiger partial charge in [0.15, 0.2) is 22.4 Å². The Morgan fingerprint density at radius 1 is 1.31 bits per heavy atom. The second-order valence-electron chi connectivity index (χ2n) is 5.86. The Morgan fingerprint density at radius 3 is 3.04 bits per heavy atom. The number of hydrogen-bond donors (Lipinski definition) is 2. The predicted octanol–water partition coefficient (Wildman–Crippen LogP) is 3.13. The van der Waals surface area contributed by atoms with Crippen LogP contribution in [0.1, 0.15) is 19.0 Å². The fourth-order valence-electron chi connectivity index (χ4n) is 2.70. The Bertz CT molecular complexity index is 889. The molecule has 1 aliphatic rings. The van der Waals surface area contributed by atoms with Crippen molar-refractivity contribution in [3.8, 4) is 11.5 Å². The number of rotatable bonds is 4. The van der Waals surface area contributed by atoms with Crippen molar-refractivity contribution in [3.63, 3.8) is 0 Å². The molecule has 0 bridgehead atoms. The molecule has 0 spiro atoms. The molecule has 0 aliphatic carbocycles. The smallest absolute Gasteiger partial charge is 0.196 e. The van der Waals surface area contributed by atoms with E-state index in [0.29, 0.717) is 25.7 Å². The van der Waals surface area contributed by atoms with Crippen LogP contribution in [-0.2, 0) is 6.54 Å². The molecule has 0 unspecified atom stereocenters. The molecule has 4 rings (SSSR count). The molecule has 2 N–H and O–H groups in total. The van der Waals surface area contributed by atoms with E-state index in [1.54, 1.807) is 11.3 Å². The zero-order valence-corrected chi connectivity index (χ0v) is 15.4. The van der Waals surface area contributed by atoms with Gasteiger partial charge >= 0.3 is 0 Å². The summed E-state index contributed by atoms with van der Waals surface area (Å²) < 4.78 is 13.4. The lowest BCUT2D eigenvalue weighted by atomic mass is 10.3. The minimum atomic E-state index is 0.508. The summed E-state index contributed by atoms with van der Waals surface area (Å²) in [5.74, 6) is 2.25. The van der Waals surface area contributed by atoms with Crippen molar-refractivity contribution in [2.45, 2.75) is 19.9 Å². The van der Waals surface area contributed by atoms with Crippen LogP contribution in [0.5, 0.6) is 11.5 Å². The molecule has 1 aliphatic heterocycles. The van der Waals surface area contributed by atoms with Gasteiger partial charge in [-0.15, -0.1) is 11.3 Å². The number of benzene rings is 1. The Morgan fingerprint density at radius 2 is 2.19 bits per heavy atom. The van der Waals surface area contributed by atoms with Crippen molar-refractivity contribution in [2.24, 2.45) is 4.99 Å². The molecule has 1 aromatic carbocycles. The quantitative estimate of drug-likeness (QED) is 0.545. The lowest BCUT2D eigenvalue weighted by molar-refractivity contribution is 0.297. The number of aromatic nitrogens is 2. The SMILES string of the molecule is CCNC(=NCc1cn2ccsc2n1)Nc1ccc2c(c1)OCCCO2. The minimum absolute atomic E-state index is 0.508. The number of nitrogens with one attached hydrogen (secondary N) is 2. The van der Waals surface area contributed by atoms with Crippen molar-refractivity contribution in [3.05, 3.63) is 41.7 Å². The van der Waals surface area contributed by atoms with E-state index in [4.69, 9.17) is 9.47 Å². The highest BCUT2D eigenvalue weighted by atomic mass is 32.1. The molecule has 0 fully saturated rings. The van der Waals surface area contributed by atoms with Crippen LogP contribution in [0, 0.1) is 0 Å². The van der Waals surface area contributed by atoms with Gasteiger partial charge in [-0.05, 0) is 19.1 Å². The molecule has 0 saturated heterocycles. The fourth-order valence-corrected chi connectivity index (χ4v) is 3.42. The van der Waals surface area contributed by atoms with Gasteiger partial charge in [0, 0.05) is 42.5 Å². The van der Waals surface area contributed by atoms with Crippen molar-refractivity contribution >= 4 is 27.9 Å². The van der Waals surface area contributed by atoms with E-state index in [9.17, 15) is 0 Å². The van der Waals surface area contributed by atoms with E-state index in [1.165, 1.54) is 0 Å². The lowest BCUT2D eigenvalue weighted by Gasteiger charge is -2.13. The van der Waals surface area contributed by atoms with Crippen LogP contribution in [0.4, 0.5) is 5.69 Å². The van der Waals surface area contributed by atoms with Crippen molar-refractivity contribution < 1.29 is 9.47 Å². The molecule has 26 heavy (non-hydrogen) atoms. The molecule has 0 amide bonds. The molecule has 7 nitrogen and oxygen atoms in total. The summed E-state index contributed by atoms with van der Waals surface area (Å²) in [6.45, 7) is 4.68. The molecular formula is C18H21N5O2S. The number of guanidine groups is 1. The van der Waals surface area contributed by atoms with Gasteiger partial charge in [-0.2, -0.15) is 0 Å². The van der Waals surface area contributed by atoms with Gasteiger partial charge in [0.1, 0.15) is 0 Å². The number of anilines is 1. The summed E-state index contributed by atoms with van der Waals surface area (Å²) in [6, 6.07) is 5.84. The third-order valence-corrected chi connectivity index (χ3v) is 4.67. The number of fused-ring (bicyclic) bond motifs is 2. The van der Waals surface area contributed by atoms with Crippen molar-refractivity contribution in [1.29, 1.82) is 0 Å². The molecule has 136 valence electrons. The molecule has 3 aromatic rings.